The van der Waals surface area contributed by atoms with E-state index in [4.69, 9.17) is 16.1 Å². The Morgan fingerprint density at radius 3 is 2.65 bits per heavy atom. The molecule has 0 unspecified atom stereocenters. The molecule has 1 amide bonds. The molecule has 1 aliphatic rings. The van der Waals surface area contributed by atoms with E-state index in [0.29, 0.717) is 34.9 Å². The summed E-state index contributed by atoms with van der Waals surface area (Å²) in [5.41, 5.74) is 1.05. The van der Waals surface area contributed by atoms with Gasteiger partial charge in [0.1, 0.15) is 11.5 Å². The van der Waals surface area contributed by atoms with Gasteiger partial charge in [-0.25, -0.2) is 4.39 Å². The summed E-state index contributed by atoms with van der Waals surface area (Å²) in [4.78, 5) is 12.6. The van der Waals surface area contributed by atoms with E-state index in [-0.39, 0.29) is 18.3 Å². The first-order chi connectivity index (χ1) is 12.6. The van der Waals surface area contributed by atoms with Gasteiger partial charge in [-0.1, -0.05) is 53.2 Å². The molecule has 1 fully saturated rings. The summed E-state index contributed by atoms with van der Waals surface area (Å²) in [6.45, 7) is 0.187. The Hall–Kier alpha value is -2.66. The van der Waals surface area contributed by atoms with Crippen molar-refractivity contribution in [3.8, 4) is 11.3 Å². The van der Waals surface area contributed by atoms with Crippen molar-refractivity contribution in [1.82, 2.24) is 10.5 Å². The van der Waals surface area contributed by atoms with Crippen LogP contribution in [0.1, 0.15) is 24.2 Å². The molecule has 4 nitrogen and oxygen atoms in total. The Balaban J connectivity index is 1.46. The highest BCUT2D eigenvalue weighted by atomic mass is 35.5. The molecule has 0 saturated heterocycles. The molecule has 0 spiro atoms. The molecular formula is C20H16ClFN2O2. The zero-order chi connectivity index (χ0) is 18.1. The molecule has 26 heavy (non-hydrogen) atoms. The van der Waals surface area contributed by atoms with E-state index in [1.165, 1.54) is 6.07 Å². The molecule has 1 aliphatic carbocycles. The third-order valence-electron chi connectivity index (χ3n) is 4.71. The fraction of sp³-hybridized carbons (Fsp3) is 0.200. The summed E-state index contributed by atoms with van der Waals surface area (Å²) in [7, 11) is 0. The van der Waals surface area contributed by atoms with Gasteiger partial charge in [-0.05, 0) is 25.0 Å². The van der Waals surface area contributed by atoms with Crippen LogP contribution in [0, 0.1) is 5.82 Å². The van der Waals surface area contributed by atoms with E-state index in [9.17, 15) is 9.18 Å². The number of amides is 1. The molecule has 3 aromatic rings. The van der Waals surface area contributed by atoms with E-state index in [0.717, 1.165) is 5.56 Å². The molecule has 2 aromatic carbocycles. The predicted molar refractivity (Wildman–Crippen MR) is 96.1 cm³/mol. The Bertz CT molecular complexity index is 966. The maximum absolute atomic E-state index is 14.1. The number of rotatable bonds is 5. The standard InChI is InChI=1S/C20H16ClFN2O2/c21-16-7-3-1-5-14(16)18-11-13(26-24-18)12-23-19(25)20(9-10-20)15-6-2-4-8-17(15)22/h1-8,11H,9-10,12H2,(H,23,25). The van der Waals surface area contributed by atoms with E-state index < -0.39 is 5.41 Å². The molecule has 4 rings (SSSR count). The lowest BCUT2D eigenvalue weighted by atomic mass is 9.94. The van der Waals surface area contributed by atoms with Crippen LogP contribution in [0.5, 0.6) is 0 Å². The number of nitrogens with one attached hydrogen (secondary N) is 1. The fourth-order valence-electron chi connectivity index (χ4n) is 3.12. The number of benzene rings is 2. The summed E-state index contributed by atoms with van der Waals surface area (Å²) >= 11 is 6.16. The van der Waals surface area contributed by atoms with Crippen LogP contribution >= 0.6 is 11.6 Å². The van der Waals surface area contributed by atoms with Crippen molar-refractivity contribution in [3.05, 3.63) is 76.8 Å². The molecule has 0 atom stereocenters. The smallest absolute Gasteiger partial charge is 0.231 e. The van der Waals surface area contributed by atoms with Gasteiger partial charge in [-0.15, -0.1) is 0 Å². The lowest BCUT2D eigenvalue weighted by molar-refractivity contribution is -0.123. The van der Waals surface area contributed by atoms with Crippen molar-refractivity contribution in [3.63, 3.8) is 0 Å². The lowest BCUT2D eigenvalue weighted by Gasteiger charge is -2.15. The van der Waals surface area contributed by atoms with Crippen LogP contribution in [-0.4, -0.2) is 11.1 Å². The van der Waals surface area contributed by atoms with E-state index >= 15 is 0 Å². The second-order valence-electron chi connectivity index (χ2n) is 6.40. The van der Waals surface area contributed by atoms with Gasteiger partial charge in [0, 0.05) is 17.2 Å². The largest absolute Gasteiger partial charge is 0.359 e. The van der Waals surface area contributed by atoms with Crippen LogP contribution in [0.25, 0.3) is 11.3 Å². The molecule has 132 valence electrons. The zero-order valence-corrected chi connectivity index (χ0v) is 14.6. The summed E-state index contributed by atoms with van der Waals surface area (Å²) in [6.07, 6.45) is 1.28. The van der Waals surface area contributed by atoms with Crippen molar-refractivity contribution >= 4 is 17.5 Å². The lowest BCUT2D eigenvalue weighted by Crippen LogP contribution is -2.34. The van der Waals surface area contributed by atoms with Crippen LogP contribution in [0.15, 0.2) is 59.1 Å². The van der Waals surface area contributed by atoms with Gasteiger partial charge in [0.25, 0.3) is 0 Å². The van der Waals surface area contributed by atoms with Gasteiger partial charge < -0.3 is 9.84 Å². The van der Waals surface area contributed by atoms with Crippen molar-refractivity contribution in [2.45, 2.75) is 24.8 Å². The number of carbonyl (C=O) groups excluding carboxylic acids is 1. The van der Waals surface area contributed by atoms with Gasteiger partial charge in [-0.2, -0.15) is 0 Å². The highest BCUT2D eigenvalue weighted by molar-refractivity contribution is 6.33. The van der Waals surface area contributed by atoms with Crippen LogP contribution in [0.3, 0.4) is 0 Å². The Kier molecular flexibility index (Phi) is 4.24. The molecule has 0 aliphatic heterocycles. The van der Waals surface area contributed by atoms with Crippen molar-refractivity contribution in [2.24, 2.45) is 0 Å². The third kappa shape index (κ3) is 2.99. The summed E-state index contributed by atoms with van der Waals surface area (Å²) in [6, 6.07) is 15.5. The monoisotopic (exact) mass is 370 g/mol. The Labute approximate surface area is 155 Å². The second-order valence-corrected chi connectivity index (χ2v) is 6.81. The van der Waals surface area contributed by atoms with Crippen LogP contribution in [0.4, 0.5) is 4.39 Å². The average molecular weight is 371 g/mol. The van der Waals surface area contributed by atoms with Gasteiger partial charge in [-0.3, -0.25) is 4.79 Å². The van der Waals surface area contributed by atoms with E-state index in [1.54, 1.807) is 30.3 Å². The summed E-state index contributed by atoms with van der Waals surface area (Å²) in [5.74, 6) is -0.0308. The maximum Gasteiger partial charge on any atom is 0.231 e. The fourth-order valence-corrected chi connectivity index (χ4v) is 3.35. The van der Waals surface area contributed by atoms with Crippen LogP contribution < -0.4 is 5.32 Å². The molecule has 0 bridgehead atoms. The van der Waals surface area contributed by atoms with Crippen molar-refractivity contribution < 1.29 is 13.7 Å². The van der Waals surface area contributed by atoms with Crippen LogP contribution in [0.2, 0.25) is 5.02 Å². The zero-order valence-electron chi connectivity index (χ0n) is 13.8. The molecule has 1 aromatic heterocycles. The van der Waals surface area contributed by atoms with Gasteiger partial charge in [0.05, 0.1) is 17.0 Å². The quantitative estimate of drug-likeness (QED) is 0.720. The molecular weight excluding hydrogens is 355 g/mol. The minimum Gasteiger partial charge on any atom is -0.359 e. The molecule has 1 saturated carbocycles. The van der Waals surface area contributed by atoms with Crippen molar-refractivity contribution in [1.29, 1.82) is 0 Å². The van der Waals surface area contributed by atoms with Gasteiger partial charge in [0.15, 0.2) is 5.76 Å². The molecule has 1 N–H and O–H groups in total. The first-order valence-corrected chi connectivity index (χ1v) is 8.72. The first kappa shape index (κ1) is 16.8. The maximum atomic E-state index is 14.1. The summed E-state index contributed by atoms with van der Waals surface area (Å²) < 4.78 is 19.3. The van der Waals surface area contributed by atoms with Gasteiger partial charge >= 0.3 is 0 Å². The number of nitrogens with zero attached hydrogens (tertiary/aromatic N) is 1. The normalized spacial score (nSPS) is 14.8. The number of aromatic nitrogens is 1. The first-order valence-electron chi connectivity index (χ1n) is 8.34. The minimum atomic E-state index is -0.767. The number of hydrogen-bond donors (Lipinski definition) is 1. The second kappa shape index (κ2) is 6.57. The van der Waals surface area contributed by atoms with E-state index in [1.807, 2.05) is 18.2 Å². The number of carbonyl (C=O) groups is 1. The van der Waals surface area contributed by atoms with Crippen molar-refractivity contribution in [2.75, 3.05) is 0 Å². The van der Waals surface area contributed by atoms with E-state index in [2.05, 4.69) is 10.5 Å². The Morgan fingerprint density at radius 2 is 1.92 bits per heavy atom. The molecule has 0 radical (unpaired) electrons. The average Bonchev–Trinajstić information content (AvgIpc) is 3.32. The molecule has 6 heteroatoms. The topological polar surface area (TPSA) is 55.1 Å². The SMILES string of the molecule is O=C(NCc1cc(-c2ccccc2Cl)no1)C1(c2ccccc2F)CC1. The highest BCUT2D eigenvalue weighted by Crippen LogP contribution is 2.49. The minimum absolute atomic E-state index is 0.187. The molecule has 1 heterocycles. The number of hydrogen-bond acceptors (Lipinski definition) is 3. The van der Waals surface area contributed by atoms with Gasteiger partial charge in [0.2, 0.25) is 5.91 Å². The third-order valence-corrected chi connectivity index (χ3v) is 5.04. The highest BCUT2D eigenvalue weighted by Gasteiger charge is 2.52. The number of halogens is 2. The van der Waals surface area contributed by atoms with Crippen LogP contribution in [-0.2, 0) is 16.8 Å². The predicted octanol–water partition coefficient (Wildman–Crippen LogP) is 4.48. The summed E-state index contributed by atoms with van der Waals surface area (Å²) in [5, 5.41) is 7.42. The Morgan fingerprint density at radius 1 is 1.19 bits per heavy atom.